The third-order valence-corrected chi connectivity index (χ3v) is 6.87. The Balaban J connectivity index is 1.46. The van der Waals surface area contributed by atoms with E-state index < -0.39 is 39.2 Å². The minimum absolute atomic E-state index is 0.0952. The molecule has 0 spiro atoms. The van der Waals surface area contributed by atoms with Crippen molar-refractivity contribution in [3.63, 3.8) is 0 Å². The van der Waals surface area contributed by atoms with Gasteiger partial charge in [0.25, 0.3) is 0 Å². The predicted molar refractivity (Wildman–Crippen MR) is 84.3 cm³/mol. The lowest BCUT2D eigenvalue weighted by molar-refractivity contribution is -0.174. The number of halogens is 3. The van der Waals surface area contributed by atoms with E-state index >= 15 is 0 Å². The summed E-state index contributed by atoms with van der Waals surface area (Å²) in [7, 11) is -5.73. The van der Waals surface area contributed by atoms with Gasteiger partial charge >= 0.3 is 21.5 Å². The highest BCUT2D eigenvalue weighted by atomic mass is 32.2. The number of hydrogen-bond acceptors (Lipinski definition) is 6. The first-order chi connectivity index (χ1) is 12.4. The van der Waals surface area contributed by atoms with Crippen LogP contribution in [0.5, 0.6) is 0 Å². The average molecular weight is 411 g/mol. The number of carbonyl (C=O) groups is 3. The smallest absolute Gasteiger partial charge is 0.465 e. The van der Waals surface area contributed by atoms with Crippen LogP contribution in [-0.4, -0.2) is 38.2 Å². The van der Waals surface area contributed by atoms with E-state index in [0.717, 1.165) is 17.6 Å². The second-order valence-corrected chi connectivity index (χ2v) is 9.41. The van der Waals surface area contributed by atoms with Crippen molar-refractivity contribution in [1.29, 1.82) is 0 Å². The van der Waals surface area contributed by atoms with Gasteiger partial charge in [0.1, 0.15) is 5.78 Å². The Labute approximate surface area is 154 Å². The van der Waals surface area contributed by atoms with Gasteiger partial charge in [-0.2, -0.15) is 21.6 Å². The highest BCUT2D eigenvalue weighted by molar-refractivity contribution is 7.90. The average Bonchev–Trinajstić information content (AvgIpc) is 2.54. The molecule has 7 nitrogen and oxygen atoms in total. The van der Waals surface area contributed by atoms with Crippen LogP contribution in [0.25, 0.3) is 0 Å². The van der Waals surface area contributed by atoms with Crippen molar-refractivity contribution in [2.75, 3.05) is 6.61 Å². The zero-order valence-corrected chi connectivity index (χ0v) is 15.2. The Morgan fingerprint density at radius 3 is 2.30 bits per heavy atom. The molecule has 2 unspecified atom stereocenters. The normalized spacial score (nSPS) is 32.4. The van der Waals surface area contributed by atoms with E-state index in [1.54, 1.807) is 0 Å². The zero-order chi connectivity index (χ0) is 20.0. The number of alkyl halides is 3. The molecule has 0 aromatic rings. The van der Waals surface area contributed by atoms with Crippen molar-refractivity contribution in [2.24, 2.45) is 23.2 Å². The molecule has 0 aromatic carbocycles. The Morgan fingerprint density at radius 1 is 1.15 bits per heavy atom. The summed E-state index contributed by atoms with van der Waals surface area (Å²) in [5, 5.41) is 0. The highest BCUT2D eigenvalue weighted by Gasteiger charge is 2.59. The Bertz CT molecular complexity index is 745. The molecule has 27 heavy (non-hydrogen) atoms. The van der Waals surface area contributed by atoms with Crippen LogP contribution in [0, 0.1) is 23.2 Å². The van der Waals surface area contributed by atoms with Crippen LogP contribution in [0.3, 0.4) is 0 Å². The van der Waals surface area contributed by atoms with Crippen LogP contribution >= 0.6 is 0 Å². The van der Waals surface area contributed by atoms with Crippen molar-refractivity contribution in [3.8, 4) is 0 Å². The molecule has 1 N–H and O–H groups in total. The van der Waals surface area contributed by atoms with E-state index in [1.807, 2.05) is 0 Å². The molecule has 4 aliphatic rings. The van der Waals surface area contributed by atoms with Gasteiger partial charge in [-0.1, -0.05) is 0 Å². The third kappa shape index (κ3) is 3.83. The molecule has 0 aliphatic heterocycles. The molecule has 0 heterocycles. The van der Waals surface area contributed by atoms with Gasteiger partial charge in [0.05, 0.1) is 12.0 Å². The number of ether oxygens (including phenoxy) is 1. The summed E-state index contributed by atoms with van der Waals surface area (Å²) in [6.07, 6.45) is 2.63. The van der Waals surface area contributed by atoms with Crippen LogP contribution in [0.4, 0.5) is 13.2 Å². The van der Waals surface area contributed by atoms with Gasteiger partial charge in [-0.05, 0) is 44.4 Å². The summed E-state index contributed by atoms with van der Waals surface area (Å²) >= 11 is 0. The first kappa shape index (κ1) is 20.1. The van der Waals surface area contributed by atoms with Crippen LogP contribution in [0.1, 0.15) is 44.9 Å². The topological polar surface area (TPSA) is 107 Å². The quantitative estimate of drug-likeness (QED) is 0.526. The van der Waals surface area contributed by atoms with Gasteiger partial charge in [-0.15, -0.1) is 0 Å². The maximum Gasteiger partial charge on any atom is 0.516 e. The lowest BCUT2D eigenvalue weighted by Crippen LogP contribution is -2.54. The van der Waals surface area contributed by atoms with Crippen LogP contribution < -0.4 is 4.72 Å². The van der Waals surface area contributed by atoms with E-state index in [-0.39, 0.29) is 30.6 Å². The Hall–Kier alpha value is -1.65. The number of Topliss-reactive ketones (excluding diaryl/α,β-unsaturated/α-hetero) is 1. The molecule has 4 bridgehead atoms. The van der Waals surface area contributed by atoms with Crippen LogP contribution in [-0.2, 0) is 29.1 Å². The summed E-state index contributed by atoms with van der Waals surface area (Å²) < 4.78 is 64.3. The fraction of sp³-hybridized carbons (Fsp3) is 0.812. The van der Waals surface area contributed by atoms with Gasteiger partial charge in [-0.25, -0.2) is 4.72 Å². The molecule has 4 fully saturated rings. The number of esters is 1. The predicted octanol–water partition coefficient (Wildman–Crippen LogP) is 1.67. The largest absolute Gasteiger partial charge is 0.516 e. The summed E-state index contributed by atoms with van der Waals surface area (Å²) in [6, 6.07) is 0. The van der Waals surface area contributed by atoms with Crippen molar-refractivity contribution >= 4 is 27.7 Å². The molecule has 152 valence electrons. The van der Waals surface area contributed by atoms with E-state index in [1.165, 1.54) is 0 Å². The molecule has 11 heteroatoms. The van der Waals surface area contributed by atoms with Crippen LogP contribution in [0.2, 0.25) is 0 Å². The summed E-state index contributed by atoms with van der Waals surface area (Å²) in [6.45, 7) is -0.200. The molecular formula is C16H20F3NO6S. The maximum atomic E-state index is 12.5. The lowest BCUT2D eigenvalue weighted by Gasteiger charge is -2.53. The van der Waals surface area contributed by atoms with Crippen molar-refractivity contribution in [1.82, 2.24) is 4.72 Å². The lowest BCUT2D eigenvalue weighted by atomic mass is 9.49. The van der Waals surface area contributed by atoms with Gasteiger partial charge in [0.2, 0.25) is 5.91 Å². The molecule has 4 rings (SSSR count). The standard InChI is InChI=1S/C16H20F3NO6S/c17-16(18,19)27(24,25)20-12(21)2-1-3-26-14(23)15-6-9-4-10(7-15)13(22)11(5-9)8-15/h9-11H,1-8H2,(H,20,21). The molecule has 2 atom stereocenters. The van der Waals surface area contributed by atoms with Gasteiger partial charge < -0.3 is 4.74 Å². The number of rotatable bonds is 6. The van der Waals surface area contributed by atoms with Gasteiger partial charge in [0, 0.05) is 18.3 Å². The van der Waals surface area contributed by atoms with E-state index in [2.05, 4.69) is 0 Å². The molecule has 4 aliphatic carbocycles. The van der Waals surface area contributed by atoms with Crippen molar-refractivity contribution in [3.05, 3.63) is 0 Å². The van der Waals surface area contributed by atoms with Gasteiger partial charge in [0.15, 0.2) is 0 Å². The molecule has 0 saturated heterocycles. The number of nitrogens with one attached hydrogen (secondary N) is 1. The van der Waals surface area contributed by atoms with Crippen molar-refractivity contribution < 1.29 is 40.7 Å². The van der Waals surface area contributed by atoms with Crippen molar-refractivity contribution in [2.45, 2.75) is 50.5 Å². The Morgan fingerprint density at radius 2 is 1.74 bits per heavy atom. The van der Waals surface area contributed by atoms with Crippen LogP contribution in [0.15, 0.2) is 0 Å². The fourth-order valence-electron chi connectivity index (χ4n) is 4.81. The van der Waals surface area contributed by atoms with Gasteiger partial charge in [-0.3, -0.25) is 14.4 Å². The first-order valence-electron chi connectivity index (χ1n) is 8.76. The maximum absolute atomic E-state index is 12.5. The number of amides is 1. The molecule has 0 aromatic heterocycles. The first-order valence-corrected chi connectivity index (χ1v) is 10.2. The number of sulfonamides is 1. The number of ketones is 1. The number of carbonyl (C=O) groups excluding carboxylic acids is 3. The minimum Gasteiger partial charge on any atom is -0.465 e. The van der Waals surface area contributed by atoms with E-state index in [9.17, 15) is 36.0 Å². The van der Waals surface area contributed by atoms with E-state index in [4.69, 9.17) is 4.74 Å². The second-order valence-electron chi connectivity index (χ2n) is 7.74. The molecule has 4 saturated carbocycles. The number of hydrogen-bond donors (Lipinski definition) is 1. The Kier molecular flexibility index (Phi) is 5.02. The molecule has 1 amide bonds. The van der Waals surface area contributed by atoms with E-state index in [0.29, 0.717) is 25.2 Å². The zero-order valence-electron chi connectivity index (χ0n) is 14.4. The summed E-state index contributed by atoms with van der Waals surface area (Å²) in [5.41, 5.74) is -6.24. The SMILES string of the molecule is O=C(CCCOC(=O)C12CC3CC(C1)C(=O)C(C3)C2)NS(=O)(=O)C(F)(F)F. The second kappa shape index (κ2) is 6.75. The molecule has 0 radical (unpaired) electrons. The summed E-state index contributed by atoms with van der Waals surface area (Å²) in [4.78, 5) is 36.0. The summed E-state index contributed by atoms with van der Waals surface area (Å²) in [5.74, 6) is -1.37. The monoisotopic (exact) mass is 411 g/mol. The third-order valence-electron chi connectivity index (χ3n) is 5.76. The highest BCUT2D eigenvalue weighted by Crippen LogP contribution is 2.59. The molecular weight excluding hydrogens is 391 g/mol. The minimum atomic E-state index is -5.73. The fourth-order valence-corrected chi connectivity index (χ4v) is 5.32.